The van der Waals surface area contributed by atoms with Gasteiger partial charge in [-0.15, -0.1) is 47.2 Å². The van der Waals surface area contributed by atoms with Crippen molar-refractivity contribution in [1.29, 1.82) is 0 Å². The average molecular weight is 630 g/mol. The van der Waals surface area contributed by atoms with Crippen molar-refractivity contribution in [1.82, 2.24) is 9.13 Å². The maximum absolute atomic E-state index is 3.56. The van der Waals surface area contributed by atoms with Gasteiger partial charge in [0, 0.05) is 13.1 Å². The first kappa shape index (κ1) is 30.1. The van der Waals surface area contributed by atoms with Gasteiger partial charge in [0.25, 0.3) is 0 Å². The molecule has 0 spiro atoms. The van der Waals surface area contributed by atoms with Gasteiger partial charge in [0.1, 0.15) is 0 Å². The number of hydrogen-bond acceptors (Lipinski definition) is 0. The second-order valence-corrected chi connectivity index (χ2v) is 10.9. The second-order valence-electron chi connectivity index (χ2n) is 10.9. The molecule has 0 amide bonds. The smallest absolute Gasteiger partial charge is 0.392 e. The van der Waals surface area contributed by atoms with Crippen LogP contribution in [0.5, 0.6) is 0 Å². The van der Waals surface area contributed by atoms with Crippen molar-refractivity contribution in [3.05, 3.63) is 193 Å². The van der Waals surface area contributed by atoms with Gasteiger partial charge in [0.15, 0.2) is 0 Å². The first-order valence-corrected chi connectivity index (χ1v) is 15.0. The zero-order valence-corrected chi connectivity index (χ0v) is 28.1. The minimum absolute atomic E-state index is 0. The van der Waals surface area contributed by atoms with E-state index in [0.717, 1.165) is 35.2 Å². The molecule has 0 saturated carbocycles. The Morgan fingerprint density at radius 3 is 1.04 bits per heavy atom. The maximum atomic E-state index is 3.56. The van der Waals surface area contributed by atoms with E-state index >= 15 is 0 Å². The van der Waals surface area contributed by atoms with Gasteiger partial charge >= 0.3 is 19.5 Å². The zero-order chi connectivity index (χ0) is 29.6. The van der Waals surface area contributed by atoms with Crippen LogP contribution in [0.25, 0.3) is 44.3 Å². The van der Waals surface area contributed by atoms with Gasteiger partial charge in [-0.05, 0) is 33.5 Å². The van der Waals surface area contributed by atoms with Gasteiger partial charge in [0.05, 0.1) is 0 Å². The molecule has 6 aromatic carbocycles. The number of benzene rings is 6. The van der Waals surface area contributed by atoms with Crippen molar-refractivity contribution in [2.45, 2.75) is 13.1 Å². The van der Waals surface area contributed by atoms with E-state index in [2.05, 4.69) is 179 Å². The molecule has 0 N–H and O–H groups in total. The van der Waals surface area contributed by atoms with Crippen LogP contribution in [0, 0.1) is 12.1 Å². The van der Waals surface area contributed by atoms with Crippen LogP contribution >= 0.6 is 0 Å². The molecule has 3 heteroatoms. The number of hydrogen-bond donors (Lipinski definition) is 0. The standard InChI is InChI=1S/2C21H16N.Zn/c2*1-3-9-17(10-4-1)16-22-20-14-8-7-13-19(20)15-21(22)18-11-5-2-6-12-18;/h2*1-14H,16H2;/q2*-1;+2. The predicted octanol–water partition coefficient (Wildman–Crippen LogP) is 10.3. The third kappa shape index (κ3) is 6.75. The molecule has 2 nitrogen and oxygen atoms in total. The normalized spacial score (nSPS) is 10.7. The Morgan fingerprint density at radius 2 is 0.667 bits per heavy atom. The van der Waals surface area contributed by atoms with Crippen LogP contribution in [0.2, 0.25) is 0 Å². The average Bonchev–Trinajstić information content (AvgIpc) is 3.65. The molecule has 0 bridgehead atoms. The van der Waals surface area contributed by atoms with E-state index in [4.69, 9.17) is 0 Å². The van der Waals surface area contributed by atoms with Crippen molar-refractivity contribution in [3.63, 3.8) is 0 Å². The maximum Gasteiger partial charge on any atom is 2.00 e. The molecule has 0 aliphatic rings. The van der Waals surface area contributed by atoms with E-state index < -0.39 is 0 Å². The van der Waals surface area contributed by atoms with E-state index in [-0.39, 0.29) is 19.5 Å². The van der Waals surface area contributed by atoms with Crippen LogP contribution in [0.4, 0.5) is 0 Å². The Labute approximate surface area is 278 Å². The Hall–Kier alpha value is -4.98. The molecule has 2 heterocycles. The number of rotatable bonds is 6. The van der Waals surface area contributed by atoms with Crippen molar-refractivity contribution in [2.75, 3.05) is 0 Å². The van der Waals surface area contributed by atoms with E-state index in [0.29, 0.717) is 0 Å². The summed E-state index contributed by atoms with van der Waals surface area (Å²) in [5.41, 5.74) is 9.75. The summed E-state index contributed by atoms with van der Waals surface area (Å²) in [4.78, 5) is 0. The molecule has 8 aromatic rings. The first-order chi connectivity index (χ1) is 21.8. The van der Waals surface area contributed by atoms with Crippen molar-refractivity contribution >= 4 is 21.8 Å². The number of nitrogens with zero attached hydrogens (tertiary/aromatic N) is 2. The zero-order valence-electron chi connectivity index (χ0n) is 25.2. The SMILES string of the molecule is [Zn+2].[c-]1c(-c2ccccc2)n(Cc2ccccc2)c2ccccc12.[c-]1c(-c2ccccc2)n(Cc2ccccc2)c2ccccc12. The Bertz CT molecular complexity index is 1940. The summed E-state index contributed by atoms with van der Waals surface area (Å²) in [7, 11) is 0. The Morgan fingerprint density at radius 1 is 0.356 bits per heavy atom. The number of aromatic nitrogens is 2. The molecule has 0 aliphatic heterocycles. The number of fused-ring (bicyclic) bond motifs is 2. The minimum Gasteiger partial charge on any atom is -0.392 e. The third-order valence-electron chi connectivity index (χ3n) is 7.90. The topological polar surface area (TPSA) is 9.86 Å². The number of para-hydroxylation sites is 2. The summed E-state index contributed by atoms with van der Waals surface area (Å²) in [5, 5.41) is 2.33. The molecule has 2 aromatic heterocycles. The molecule has 45 heavy (non-hydrogen) atoms. The van der Waals surface area contributed by atoms with Crippen molar-refractivity contribution in [3.8, 4) is 22.5 Å². The third-order valence-corrected chi connectivity index (χ3v) is 7.90. The second kappa shape index (κ2) is 14.2. The molecule has 0 unspecified atom stereocenters. The van der Waals surface area contributed by atoms with Crippen LogP contribution < -0.4 is 0 Å². The van der Waals surface area contributed by atoms with Gasteiger partial charge in [-0.3, -0.25) is 0 Å². The van der Waals surface area contributed by atoms with Crippen LogP contribution in [0.15, 0.2) is 170 Å². The van der Waals surface area contributed by atoms with Gasteiger partial charge in [-0.2, -0.15) is 0 Å². The largest absolute Gasteiger partial charge is 2.00 e. The fraction of sp³-hybridized carbons (Fsp3) is 0.0476. The molecule has 0 atom stereocenters. The summed E-state index contributed by atoms with van der Waals surface area (Å²) in [6.07, 6.45) is 0. The van der Waals surface area contributed by atoms with Crippen molar-refractivity contribution in [2.24, 2.45) is 0 Å². The molecule has 0 fully saturated rings. The summed E-state index contributed by atoms with van der Waals surface area (Å²) in [6, 6.07) is 66.2. The monoisotopic (exact) mass is 628 g/mol. The van der Waals surface area contributed by atoms with Gasteiger partial charge in [0.2, 0.25) is 0 Å². The first-order valence-electron chi connectivity index (χ1n) is 15.0. The van der Waals surface area contributed by atoms with Gasteiger partial charge in [-0.25, -0.2) is 0 Å². The Balaban J connectivity index is 0.000000155. The summed E-state index contributed by atoms with van der Waals surface area (Å²) < 4.78 is 4.69. The van der Waals surface area contributed by atoms with E-state index in [1.165, 1.54) is 33.3 Å². The molecule has 0 saturated heterocycles. The fourth-order valence-electron chi connectivity index (χ4n) is 5.77. The van der Waals surface area contributed by atoms with Gasteiger partial charge < -0.3 is 9.13 Å². The van der Waals surface area contributed by atoms with E-state index in [1.54, 1.807) is 0 Å². The molecular formula is C42H32N2Zn. The van der Waals surface area contributed by atoms with Gasteiger partial charge in [-0.1, -0.05) is 157 Å². The summed E-state index contributed by atoms with van der Waals surface area (Å²) in [5.74, 6) is 0. The fourth-order valence-corrected chi connectivity index (χ4v) is 5.77. The summed E-state index contributed by atoms with van der Waals surface area (Å²) in [6.45, 7) is 1.71. The molecular weight excluding hydrogens is 598 g/mol. The minimum atomic E-state index is 0. The molecule has 0 radical (unpaired) electrons. The molecule has 212 valence electrons. The van der Waals surface area contributed by atoms with Crippen LogP contribution in [0.1, 0.15) is 11.1 Å². The predicted molar refractivity (Wildman–Crippen MR) is 184 cm³/mol. The quantitative estimate of drug-likeness (QED) is 0.128. The van der Waals surface area contributed by atoms with E-state index in [9.17, 15) is 0 Å². The van der Waals surface area contributed by atoms with Crippen LogP contribution in [-0.2, 0) is 32.6 Å². The Kier molecular flexibility index (Phi) is 9.49. The van der Waals surface area contributed by atoms with Crippen LogP contribution in [-0.4, -0.2) is 9.13 Å². The molecule has 8 rings (SSSR count). The molecule has 0 aliphatic carbocycles. The van der Waals surface area contributed by atoms with Crippen LogP contribution in [0.3, 0.4) is 0 Å². The van der Waals surface area contributed by atoms with Crippen molar-refractivity contribution < 1.29 is 19.5 Å². The van der Waals surface area contributed by atoms with E-state index in [1.807, 2.05) is 12.1 Å². The summed E-state index contributed by atoms with van der Waals surface area (Å²) >= 11 is 0.